The monoisotopic (exact) mass is 237 g/mol. The Morgan fingerprint density at radius 1 is 1.35 bits per heavy atom. The second-order valence-electron chi connectivity index (χ2n) is 3.71. The number of methoxy groups -OCH3 is 1. The molecule has 94 valence electrons. The van der Waals surface area contributed by atoms with Crippen molar-refractivity contribution >= 4 is 5.97 Å². The van der Waals surface area contributed by atoms with E-state index in [0.29, 0.717) is 13.2 Å². The van der Waals surface area contributed by atoms with E-state index in [1.807, 2.05) is 37.3 Å². The van der Waals surface area contributed by atoms with E-state index in [4.69, 9.17) is 9.47 Å². The van der Waals surface area contributed by atoms with E-state index in [1.165, 1.54) is 0 Å². The molecule has 0 aliphatic rings. The molecule has 1 unspecified atom stereocenters. The maximum atomic E-state index is 11.5. The lowest BCUT2D eigenvalue weighted by atomic mass is 10.1. The van der Waals surface area contributed by atoms with Crippen LogP contribution in [0, 0.1) is 0 Å². The Hall–Kier alpha value is -1.39. The van der Waals surface area contributed by atoms with Gasteiger partial charge in [-0.3, -0.25) is 4.79 Å². The van der Waals surface area contributed by atoms with Crippen LogP contribution in [0.5, 0.6) is 0 Å². The van der Waals surface area contributed by atoms with Gasteiger partial charge in [-0.25, -0.2) is 0 Å². The first-order chi connectivity index (χ1) is 8.24. The summed E-state index contributed by atoms with van der Waals surface area (Å²) in [6.45, 7) is 3.30. The van der Waals surface area contributed by atoms with Crippen molar-refractivity contribution in [2.75, 3.05) is 26.8 Å². The molecule has 1 aromatic carbocycles. The third-order valence-electron chi connectivity index (χ3n) is 2.33. The molecular weight excluding hydrogens is 218 g/mol. The molecule has 4 nitrogen and oxygen atoms in total. The van der Waals surface area contributed by atoms with Gasteiger partial charge < -0.3 is 14.8 Å². The summed E-state index contributed by atoms with van der Waals surface area (Å²) in [6.07, 6.45) is -0.215. The summed E-state index contributed by atoms with van der Waals surface area (Å²) >= 11 is 0. The largest absolute Gasteiger partial charge is 0.457 e. The molecule has 0 aliphatic heterocycles. The van der Waals surface area contributed by atoms with Gasteiger partial charge in [-0.1, -0.05) is 30.3 Å². The van der Waals surface area contributed by atoms with Crippen molar-refractivity contribution in [2.45, 2.75) is 13.0 Å². The number of hydrogen-bond acceptors (Lipinski definition) is 4. The van der Waals surface area contributed by atoms with E-state index in [-0.39, 0.29) is 18.6 Å². The zero-order valence-electron chi connectivity index (χ0n) is 10.3. The molecule has 1 rings (SSSR count). The standard InChI is InChI=1S/C13H19NO3/c1-11(12-6-4-3-5-7-12)17-13(15)10-14-8-9-16-2/h3-7,11,14H,8-10H2,1-2H3. The average molecular weight is 237 g/mol. The number of carbonyl (C=O) groups is 1. The van der Waals surface area contributed by atoms with Crippen LogP contribution in [0.2, 0.25) is 0 Å². The van der Waals surface area contributed by atoms with Crippen molar-refractivity contribution in [2.24, 2.45) is 0 Å². The molecule has 1 N–H and O–H groups in total. The Morgan fingerprint density at radius 2 is 2.06 bits per heavy atom. The van der Waals surface area contributed by atoms with Crippen LogP contribution >= 0.6 is 0 Å². The molecular formula is C13H19NO3. The van der Waals surface area contributed by atoms with Gasteiger partial charge >= 0.3 is 5.97 Å². The van der Waals surface area contributed by atoms with Crippen LogP contribution in [-0.4, -0.2) is 32.8 Å². The third-order valence-corrected chi connectivity index (χ3v) is 2.33. The molecule has 1 aromatic rings. The van der Waals surface area contributed by atoms with E-state index in [1.54, 1.807) is 7.11 Å². The van der Waals surface area contributed by atoms with Crippen molar-refractivity contribution in [3.8, 4) is 0 Å². The van der Waals surface area contributed by atoms with Gasteiger partial charge in [-0.2, -0.15) is 0 Å². The molecule has 0 radical (unpaired) electrons. The number of nitrogens with one attached hydrogen (secondary N) is 1. The van der Waals surface area contributed by atoms with Crippen molar-refractivity contribution in [3.05, 3.63) is 35.9 Å². The Balaban J connectivity index is 2.26. The summed E-state index contributed by atoms with van der Waals surface area (Å²) in [5.74, 6) is -0.252. The Morgan fingerprint density at radius 3 is 2.71 bits per heavy atom. The van der Waals surface area contributed by atoms with Gasteiger partial charge in [0.15, 0.2) is 0 Å². The van der Waals surface area contributed by atoms with E-state index in [2.05, 4.69) is 5.32 Å². The van der Waals surface area contributed by atoms with Crippen LogP contribution in [0.3, 0.4) is 0 Å². The van der Waals surface area contributed by atoms with Gasteiger partial charge in [0.05, 0.1) is 13.2 Å². The van der Waals surface area contributed by atoms with E-state index in [9.17, 15) is 4.79 Å². The van der Waals surface area contributed by atoms with Crippen molar-refractivity contribution in [1.29, 1.82) is 0 Å². The fourth-order valence-corrected chi connectivity index (χ4v) is 1.40. The van der Waals surface area contributed by atoms with Crippen LogP contribution in [0.15, 0.2) is 30.3 Å². The topological polar surface area (TPSA) is 47.6 Å². The van der Waals surface area contributed by atoms with Crippen LogP contribution in [0.25, 0.3) is 0 Å². The van der Waals surface area contributed by atoms with E-state index in [0.717, 1.165) is 5.56 Å². The summed E-state index contributed by atoms with van der Waals surface area (Å²) in [5, 5.41) is 2.94. The number of benzene rings is 1. The second kappa shape index (κ2) is 7.81. The summed E-state index contributed by atoms with van der Waals surface area (Å²) in [7, 11) is 1.62. The lowest BCUT2D eigenvalue weighted by molar-refractivity contribution is -0.147. The molecule has 0 aromatic heterocycles. The highest BCUT2D eigenvalue weighted by Crippen LogP contribution is 2.15. The predicted molar refractivity (Wildman–Crippen MR) is 65.7 cm³/mol. The highest BCUT2D eigenvalue weighted by Gasteiger charge is 2.10. The van der Waals surface area contributed by atoms with Crippen LogP contribution in [0.4, 0.5) is 0 Å². The number of ether oxygens (including phenoxy) is 2. The molecule has 0 amide bonds. The Labute approximate surface area is 102 Å². The molecule has 0 saturated heterocycles. The Kier molecular flexibility index (Phi) is 6.29. The molecule has 0 saturated carbocycles. The van der Waals surface area contributed by atoms with Gasteiger partial charge in [-0.15, -0.1) is 0 Å². The SMILES string of the molecule is COCCNCC(=O)OC(C)c1ccccc1. The summed E-state index contributed by atoms with van der Waals surface area (Å²) < 4.78 is 10.1. The fourth-order valence-electron chi connectivity index (χ4n) is 1.40. The second-order valence-corrected chi connectivity index (χ2v) is 3.71. The third kappa shape index (κ3) is 5.47. The minimum absolute atomic E-state index is 0.209. The molecule has 0 spiro atoms. The van der Waals surface area contributed by atoms with Crippen molar-refractivity contribution < 1.29 is 14.3 Å². The average Bonchev–Trinajstić information content (AvgIpc) is 2.36. The van der Waals surface area contributed by atoms with Gasteiger partial charge in [0.25, 0.3) is 0 Å². The maximum absolute atomic E-state index is 11.5. The molecule has 17 heavy (non-hydrogen) atoms. The first-order valence-electron chi connectivity index (χ1n) is 5.68. The lowest BCUT2D eigenvalue weighted by Gasteiger charge is -2.13. The normalized spacial score (nSPS) is 12.1. The molecule has 1 atom stereocenters. The first kappa shape index (κ1) is 13.7. The lowest BCUT2D eigenvalue weighted by Crippen LogP contribution is -2.28. The van der Waals surface area contributed by atoms with E-state index >= 15 is 0 Å². The van der Waals surface area contributed by atoms with Gasteiger partial charge in [0.2, 0.25) is 0 Å². The molecule has 0 heterocycles. The predicted octanol–water partition coefficient (Wildman–Crippen LogP) is 1.53. The summed E-state index contributed by atoms with van der Waals surface area (Å²) in [5.41, 5.74) is 0.998. The molecule has 4 heteroatoms. The maximum Gasteiger partial charge on any atom is 0.320 e. The molecule has 0 bridgehead atoms. The number of carbonyl (C=O) groups excluding carboxylic acids is 1. The van der Waals surface area contributed by atoms with Gasteiger partial charge in [-0.05, 0) is 12.5 Å². The Bertz CT molecular complexity index is 327. The smallest absolute Gasteiger partial charge is 0.320 e. The first-order valence-corrected chi connectivity index (χ1v) is 5.68. The minimum Gasteiger partial charge on any atom is -0.457 e. The number of esters is 1. The van der Waals surface area contributed by atoms with Crippen molar-refractivity contribution in [1.82, 2.24) is 5.32 Å². The van der Waals surface area contributed by atoms with Crippen LogP contribution in [0.1, 0.15) is 18.6 Å². The van der Waals surface area contributed by atoms with Gasteiger partial charge in [0.1, 0.15) is 6.10 Å². The zero-order valence-corrected chi connectivity index (χ0v) is 10.3. The zero-order chi connectivity index (χ0) is 12.5. The number of rotatable bonds is 7. The fraction of sp³-hybridized carbons (Fsp3) is 0.462. The van der Waals surface area contributed by atoms with Crippen LogP contribution in [-0.2, 0) is 14.3 Å². The molecule has 0 fully saturated rings. The van der Waals surface area contributed by atoms with Crippen molar-refractivity contribution in [3.63, 3.8) is 0 Å². The number of hydrogen-bond donors (Lipinski definition) is 1. The van der Waals surface area contributed by atoms with Gasteiger partial charge in [0, 0.05) is 13.7 Å². The summed E-state index contributed by atoms with van der Waals surface area (Å²) in [4.78, 5) is 11.5. The minimum atomic E-state index is -0.252. The van der Waals surface area contributed by atoms with Crippen LogP contribution < -0.4 is 5.32 Å². The molecule has 0 aliphatic carbocycles. The highest BCUT2D eigenvalue weighted by molar-refractivity contribution is 5.71. The summed E-state index contributed by atoms with van der Waals surface area (Å²) in [6, 6.07) is 9.67. The highest BCUT2D eigenvalue weighted by atomic mass is 16.5. The van der Waals surface area contributed by atoms with E-state index < -0.39 is 0 Å². The quantitative estimate of drug-likeness (QED) is 0.577.